The Morgan fingerprint density at radius 1 is 1.46 bits per heavy atom. The molecule has 0 saturated heterocycles. The molecule has 7 nitrogen and oxygen atoms in total. The van der Waals surface area contributed by atoms with E-state index in [1.54, 1.807) is 0 Å². The number of nitrogens with zero attached hydrogens (tertiary/aromatic N) is 1. The largest absolute Gasteiger partial charge is 0.353 e. The monoisotopic (exact) mass is 210 g/mol. The van der Waals surface area contributed by atoms with Crippen LogP contribution in [0.25, 0.3) is 0 Å². The third kappa shape index (κ3) is 24.7. The number of carbonyl (C=O) groups is 1. The maximum atomic E-state index is 9.47. The van der Waals surface area contributed by atoms with E-state index in [2.05, 4.69) is 10.1 Å². The molecule has 78 valence electrons. The molecule has 0 bridgehead atoms. The molecular formula is C5H14N4O3S. The van der Waals surface area contributed by atoms with Gasteiger partial charge in [-0.1, -0.05) is 4.36 Å². The van der Waals surface area contributed by atoms with Gasteiger partial charge in [0.25, 0.3) is 0 Å². The summed E-state index contributed by atoms with van der Waals surface area (Å²) in [7, 11) is -2.70. The van der Waals surface area contributed by atoms with Crippen LogP contribution in [0.4, 0.5) is 4.79 Å². The lowest BCUT2D eigenvalue weighted by molar-refractivity contribution is 0.257. The molecule has 0 aliphatic rings. The lowest BCUT2D eigenvalue weighted by atomic mass is 10.1. The fourth-order valence-corrected chi connectivity index (χ4v) is 0.220. The first-order valence-corrected chi connectivity index (χ1v) is 4.31. The van der Waals surface area contributed by atoms with E-state index in [-0.39, 0.29) is 5.54 Å². The van der Waals surface area contributed by atoms with Gasteiger partial charge in [-0.25, -0.2) is 4.79 Å². The molecule has 0 saturated carbocycles. The molecule has 0 radical (unpaired) electrons. The van der Waals surface area contributed by atoms with Crippen LogP contribution < -0.4 is 17.2 Å². The first-order chi connectivity index (χ1) is 5.69. The summed E-state index contributed by atoms with van der Waals surface area (Å²) in [5, 5.41) is 0. The van der Waals surface area contributed by atoms with Crippen LogP contribution in [0, 0.1) is 0 Å². The zero-order valence-corrected chi connectivity index (χ0v) is 8.34. The third-order valence-electron chi connectivity index (χ3n) is 0.691. The number of carbonyl (C=O) groups excluding carboxylic acids is 1. The van der Waals surface area contributed by atoms with Gasteiger partial charge in [0.1, 0.15) is 0 Å². The van der Waals surface area contributed by atoms with E-state index < -0.39 is 16.5 Å². The zero-order chi connectivity index (χ0) is 11.1. The summed E-state index contributed by atoms with van der Waals surface area (Å²) in [5.41, 5.74) is 14.7. The van der Waals surface area contributed by atoms with Gasteiger partial charge >= 0.3 is 16.5 Å². The summed E-state index contributed by atoms with van der Waals surface area (Å²) in [6.45, 7) is 4.34. The summed E-state index contributed by atoms with van der Waals surface area (Å²) < 4.78 is 21.0. The van der Waals surface area contributed by atoms with Crippen molar-refractivity contribution in [1.82, 2.24) is 0 Å². The number of rotatable bonds is 1. The molecule has 0 aromatic rings. The fraction of sp³-hybridized carbons (Fsp3) is 0.800. The van der Waals surface area contributed by atoms with Crippen molar-refractivity contribution in [2.24, 2.45) is 21.6 Å². The van der Waals surface area contributed by atoms with Gasteiger partial charge in [0, 0.05) is 12.1 Å². The molecule has 0 rings (SSSR count). The van der Waals surface area contributed by atoms with Crippen molar-refractivity contribution in [3.05, 3.63) is 0 Å². The first kappa shape index (κ1) is 14.5. The van der Waals surface area contributed by atoms with Crippen molar-refractivity contribution in [3.63, 3.8) is 0 Å². The molecule has 0 heterocycles. The topological polar surface area (TPSA) is 142 Å². The van der Waals surface area contributed by atoms with E-state index in [9.17, 15) is 13.2 Å². The molecule has 0 aliphatic carbocycles. The fourth-order valence-electron chi connectivity index (χ4n) is 0.0735. The van der Waals surface area contributed by atoms with E-state index in [1.807, 2.05) is 13.8 Å². The second-order valence-corrected chi connectivity index (χ2v) is 3.46. The smallest absolute Gasteiger partial charge is 0.349 e. The molecule has 0 aliphatic heterocycles. The predicted octanol–water partition coefficient (Wildman–Crippen LogP) is -1.19. The van der Waals surface area contributed by atoms with Gasteiger partial charge in [0.2, 0.25) is 0 Å². The molecule has 2 amide bonds. The summed E-state index contributed by atoms with van der Waals surface area (Å²) >= 11 is 0. The summed E-state index contributed by atoms with van der Waals surface area (Å²) in [6, 6.07) is -1.20. The number of primary amides is 1. The van der Waals surface area contributed by atoms with Gasteiger partial charge in [-0.15, -0.1) is 0 Å². The molecule has 0 aromatic heterocycles. The van der Waals surface area contributed by atoms with Gasteiger partial charge in [-0.3, -0.25) is 0 Å². The Labute approximate surface area is 78.0 Å². The van der Waals surface area contributed by atoms with Crippen molar-refractivity contribution in [2.75, 3.05) is 6.54 Å². The lowest BCUT2D eigenvalue weighted by Crippen LogP contribution is -2.40. The van der Waals surface area contributed by atoms with Crippen molar-refractivity contribution < 1.29 is 13.2 Å². The minimum atomic E-state index is -2.70. The lowest BCUT2D eigenvalue weighted by Gasteiger charge is -2.13. The molecule has 8 heteroatoms. The van der Waals surface area contributed by atoms with Crippen LogP contribution >= 0.6 is 0 Å². The third-order valence-corrected chi connectivity index (χ3v) is 1.02. The molecule has 0 aromatic carbocycles. The van der Waals surface area contributed by atoms with Crippen LogP contribution in [0.15, 0.2) is 4.36 Å². The minimum absolute atomic E-state index is 0.181. The van der Waals surface area contributed by atoms with Gasteiger partial charge < -0.3 is 17.2 Å². The van der Waals surface area contributed by atoms with Crippen LogP contribution in [-0.2, 0) is 10.5 Å². The average molecular weight is 210 g/mol. The minimum Gasteiger partial charge on any atom is -0.349 e. The predicted molar refractivity (Wildman–Crippen MR) is 48.3 cm³/mol. The second kappa shape index (κ2) is 6.52. The van der Waals surface area contributed by atoms with Crippen LogP contribution in [0.2, 0.25) is 0 Å². The van der Waals surface area contributed by atoms with Gasteiger partial charge in [-0.2, -0.15) is 8.42 Å². The number of urea groups is 1. The van der Waals surface area contributed by atoms with E-state index in [0.29, 0.717) is 6.54 Å². The first-order valence-electron chi connectivity index (χ1n) is 3.28. The Bertz CT molecular complexity index is 269. The zero-order valence-electron chi connectivity index (χ0n) is 7.52. The van der Waals surface area contributed by atoms with E-state index in [4.69, 9.17) is 11.5 Å². The summed E-state index contributed by atoms with van der Waals surface area (Å²) in [5.74, 6) is 0. The molecule has 0 spiro atoms. The van der Waals surface area contributed by atoms with Crippen molar-refractivity contribution in [3.8, 4) is 0 Å². The maximum Gasteiger partial charge on any atom is 0.353 e. The highest BCUT2D eigenvalue weighted by Crippen LogP contribution is 1.88. The van der Waals surface area contributed by atoms with Crippen molar-refractivity contribution in [1.29, 1.82) is 0 Å². The van der Waals surface area contributed by atoms with Crippen molar-refractivity contribution >= 4 is 16.5 Å². The number of amides is 2. The highest BCUT2D eigenvalue weighted by Gasteiger charge is 2.04. The molecule has 0 unspecified atom stereocenters. The maximum absolute atomic E-state index is 9.47. The molecule has 0 atom stereocenters. The van der Waals surface area contributed by atoms with E-state index in [1.165, 1.54) is 0 Å². The quantitative estimate of drug-likeness (QED) is 0.498. The summed E-state index contributed by atoms with van der Waals surface area (Å²) in [6.07, 6.45) is 0. The van der Waals surface area contributed by atoms with Crippen LogP contribution in [-0.4, -0.2) is 26.5 Å². The Morgan fingerprint density at radius 3 is 1.77 bits per heavy atom. The molecule has 13 heavy (non-hydrogen) atoms. The van der Waals surface area contributed by atoms with Gasteiger partial charge in [0.05, 0.1) is 0 Å². The van der Waals surface area contributed by atoms with Crippen molar-refractivity contribution in [2.45, 2.75) is 19.4 Å². The van der Waals surface area contributed by atoms with Gasteiger partial charge in [0.15, 0.2) is 0 Å². The Hall–Kier alpha value is -0.990. The van der Waals surface area contributed by atoms with E-state index in [0.717, 1.165) is 0 Å². The Kier molecular flexibility index (Phi) is 7.28. The average Bonchev–Trinajstić information content (AvgIpc) is 1.84. The van der Waals surface area contributed by atoms with Crippen LogP contribution in [0.3, 0.4) is 0 Å². The van der Waals surface area contributed by atoms with Crippen LogP contribution in [0.1, 0.15) is 13.8 Å². The number of nitrogens with two attached hydrogens (primary N) is 3. The second-order valence-electron chi connectivity index (χ2n) is 2.84. The molecule has 6 N–H and O–H groups in total. The SMILES string of the molecule is CC(C)(N)CN.NC(=O)N=S(=O)=O. The number of hydrogen-bond donors (Lipinski definition) is 3. The Morgan fingerprint density at radius 2 is 1.77 bits per heavy atom. The normalized spacial score (nSPS) is 9.54. The van der Waals surface area contributed by atoms with Gasteiger partial charge in [-0.05, 0) is 13.8 Å². The highest BCUT2D eigenvalue weighted by atomic mass is 32.2. The highest BCUT2D eigenvalue weighted by molar-refractivity contribution is 7.62. The summed E-state index contributed by atoms with van der Waals surface area (Å²) in [4.78, 5) is 9.47. The molecule has 0 fully saturated rings. The van der Waals surface area contributed by atoms with E-state index >= 15 is 0 Å². The number of hydrogen-bond acceptors (Lipinski definition) is 5. The Balaban J connectivity index is 0. The van der Waals surface area contributed by atoms with Crippen LogP contribution in [0.5, 0.6) is 0 Å². The molecular weight excluding hydrogens is 196 g/mol. The standard InChI is InChI=1S/C4H12N2.CH2N2O3S/c1-4(2,6)3-5;2-1(4)3-7(5)6/h3,5-6H2,1-2H3;(H2,2,4).